The second kappa shape index (κ2) is 7.74. The smallest absolute Gasteiger partial charge is 0.337 e. The Morgan fingerprint density at radius 3 is 2.15 bits per heavy atom. The molecule has 0 saturated heterocycles. The van der Waals surface area contributed by atoms with Gasteiger partial charge >= 0.3 is 5.97 Å². The van der Waals surface area contributed by atoms with E-state index >= 15 is 0 Å². The highest BCUT2D eigenvalue weighted by atomic mass is 16.4. The predicted octanol–water partition coefficient (Wildman–Crippen LogP) is 5.29. The van der Waals surface area contributed by atoms with E-state index in [0.29, 0.717) is 11.4 Å². The first-order chi connectivity index (χ1) is 12.0. The zero-order valence-electron chi connectivity index (χ0n) is 14.2. The number of rotatable bonds is 4. The van der Waals surface area contributed by atoms with Gasteiger partial charge in [-0.1, -0.05) is 56.0 Å². The van der Waals surface area contributed by atoms with Crippen molar-refractivity contribution in [3.05, 3.63) is 71.8 Å². The zero-order chi connectivity index (χ0) is 18.0. The fourth-order valence-electron chi connectivity index (χ4n) is 3.02. The number of aryl methyl sites for hydroxylation is 1. The molecule has 0 aliphatic heterocycles. The molecule has 0 heterocycles. The average molecular weight is 348 g/mol. The van der Waals surface area contributed by atoms with Crippen LogP contribution in [0.25, 0.3) is 22.3 Å². The van der Waals surface area contributed by atoms with Gasteiger partial charge in [0.2, 0.25) is 0 Å². The van der Waals surface area contributed by atoms with Crippen molar-refractivity contribution in [1.29, 1.82) is 0 Å². The molecule has 3 rings (SSSR count). The van der Waals surface area contributed by atoms with Gasteiger partial charge in [-0.05, 0) is 46.9 Å². The molecule has 0 radical (unpaired) electrons. The molecule has 4 nitrogen and oxygen atoms in total. The SMILES string of the molecule is C.CNc1c(N)cc(-c2ccc(-c3ccccc3C)cc2)cc1C(=O)O. The van der Waals surface area contributed by atoms with Crippen LogP contribution in [-0.2, 0) is 0 Å². The van der Waals surface area contributed by atoms with E-state index in [9.17, 15) is 9.90 Å². The lowest BCUT2D eigenvalue weighted by Crippen LogP contribution is -2.06. The Hall–Kier alpha value is -3.27. The Balaban J connectivity index is 0.00000243. The molecule has 0 fully saturated rings. The van der Waals surface area contributed by atoms with E-state index in [-0.39, 0.29) is 13.0 Å². The van der Waals surface area contributed by atoms with E-state index in [0.717, 1.165) is 16.7 Å². The minimum absolute atomic E-state index is 0. The van der Waals surface area contributed by atoms with E-state index in [2.05, 4.69) is 24.4 Å². The highest BCUT2D eigenvalue weighted by Gasteiger charge is 2.14. The molecule has 0 aliphatic carbocycles. The molecule has 4 N–H and O–H groups in total. The van der Waals surface area contributed by atoms with E-state index in [4.69, 9.17) is 5.73 Å². The molecular weight excluding hydrogens is 324 g/mol. The predicted molar refractivity (Wildman–Crippen MR) is 110 cm³/mol. The molecule has 0 atom stereocenters. The largest absolute Gasteiger partial charge is 0.478 e. The molecule has 0 bridgehead atoms. The van der Waals surface area contributed by atoms with Gasteiger partial charge in [0.15, 0.2) is 0 Å². The van der Waals surface area contributed by atoms with Crippen LogP contribution >= 0.6 is 0 Å². The summed E-state index contributed by atoms with van der Waals surface area (Å²) < 4.78 is 0. The van der Waals surface area contributed by atoms with Crippen molar-refractivity contribution in [1.82, 2.24) is 0 Å². The molecule has 3 aromatic rings. The van der Waals surface area contributed by atoms with Gasteiger partial charge in [0, 0.05) is 7.05 Å². The lowest BCUT2D eigenvalue weighted by atomic mass is 9.96. The summed E-state index contributed by atoms with van der Waals surface area (Å²) in [4.78, 5) is 11.5. The first-order valence-electron chi connectivity index (χ1n) is 8.02. The van der Waals surface area contributed by atoms with Crippen LogP contribution in [0, 0.1) is 6.92 Å². The van der Waals surface area contributed by atoms with Gasteiger partial charge in [-0.2, -0.15) is 0 Å². The number of hydrogen-bond acceptors (Lipinski definition) is 3. The number of anilines is 2. The van der Waals surface area contributed by atoms with Crippen molar-refractivity contribution in [3.8, 4) is 22.3 Å². The number of nitrogens with two attached hydrogens (primary N) is 1. The van der Waals surface area contributed by atoms with E-state index in [1.807, 2.05) is 36.4 Å². The molecule has 0 amide bonds. The number of hydrogen-bond donors (Lipinski definition) is 3. The number of nitrogen functional groups attached to an aromatic ring is 1. The van der Waals surface area contributed by atoms with Crippen molar-refractivity contribution < 1.29 is 9.90 Å². The van der Waals surface area contributed by atoms with Crippen LogP contribution in [0.2, 0.25) is 0 Å². The van der Waals surface area contributed by atoms with Gasteiger partial charge < -0.3 is 16.2 Å². The highest BCUT2D eigenvalue weighted by molar-refractivity contribution is 5.99. The number of carboxylic acids is 1. The summed E-state index contributed by atoms with van der Waals surface area (Å²) in [6, 6.07) is 19.7. The van der Waals surface area contributed by atoms with Crippen LogP contribution in [0.15, 0.2) is 60.7 Å². The molecule has 4 heteroatoms. The Bertz CT molecular complexity index is 931. The van der Waals surface area contributed by atoms with Crippen LogP contribution in [0.3, 0.4) is 0 Å². The van der Waals surface area contributed by atoms with Gasteiger partial charge in [-0.15, -0.1) is 0 Å². The summed E-state index contributed by atoms with van der Waals surface area (Å²) in [6.07, 6.45) is 0. The number of carboxylic acid groups (broad SMARTS) is 1. The lowest BCUT2D eigenvalue weighted by molar-refractivity contribution is 0.0698. The molecule has 0 saturated carbocycles. The van der Waals surface area contributed by atoms with Gasteiger partial charge in [-0.25, -0.2) is 4.79 Å². The van der Waals surface area contributed by atoms with Gasteiger partial charge in [-0.3, -0.25) is 0 Å². The quantitative estimate of drug-likeness (QED) is 0.560. The molecule has 0 unspecified atom stereocenters. The van der Waals surface area contributed by atoms with Crippen LogP contribution < -0.4 is 11.1 Å². The third-order valence-electron chi connectivity index (χ3n) is 4.32. The van der Waals surface area contributed by atoms with Crippen LogP contribution in [0.5, 0.6) is 0 Å². The van der Waals surface area contributed by atoms with Crippen LogP contribution in [-0.4, -0.2) is 18.1 Å². The summed E-state index contributed by atoms with van der Waals surface area (Å²) in [6.45, 7) is 2.08. The third kappa shape index (κ3) is 3.54. The summed E-state index contributed by atoms with van der Waals surface area (Å²) in [7, 11) is 1.66. The third-order valence-corrected chi connectivity index (χ3v) is 4.32. The first-order valence-corrected chi connectivity index (χ1v) is 8.02. The molecular formula is C22H24N2O2. The Labute approximate surface area is 154 Å². The van der Waals surface area contributed by atoms with Crippen molar-refractivity contribution in [2.24, 2.45) is 0 Å². The molecule has 3 aromatic carbocycles. The Morgan fingerprint density at radius 1 is 0.962 bits per heavy atom. The minimum atomic E-state index is -1.01. The second-order valence-electron chi connectivity index (χ2n) is 5.94. The fraction of sp³-hybridized carbons (Fsp3) is 0.136. The van der Waals surface area contributed by atoms with Gasteiger partial charge in [0.05, 0.1) is 16.9 Å². The van der Waals surface area contributed by atoms with E-state index < -0.39 is 5.97 Å². The first kappa shape index (κ1) is 19.1. The summed E-state index contributed by atoms with van der Waals surface area (Å²) in [5.74, 6) is -1.01. The molecule has 26 heavy (non-hydrogen) atoms. The molecule has 0 aromatic heterocycles. The van der Waals surface area contributed by atoms with E-state index in [1.165, 1.54) is 11.1 Å². The van der Waals surface area contributed by atoms with Crippen LogP contribution in [0.4, 0.5) is 11.4 Å². The summed E-state index contributed by atoms with van der Waals surface area (Å²) >= 11 is 0. The standard InChI is InChI=1S/C21H20N2O2.CH4/c1-13-5-3-4-6-17(13)15-9-7-14(8-10-15)16-11-18(21(24)25)20(23-2)19(22)12-16;/h3-12,23H,22H2,1-2H3,(H,24,25);1H4. The van der Waals surface area contributed by atoms with Crippen molar-refractivity contribution in [2.75, 3.05) is 18.1 Å². The van der Waals surface area contributed by atoms with E-state index in [1.54, 1.807) is 19.2 Å². The number of carbonyl (C=O) groups is 1. The molecule has 0 spiro atoms. The maximum atomic E-state index is 11.5. The normalized spacial score (nSPS) is 10.1. The Morgan fingerprint density at radius 2 is 1.58 bits per heavy atom. The topological polar surface area (TPSA) is 75.3 Å². The van der Waals surface area contributed by atoms with Crippen LogP contribution in [0.1, 0.15) is 23.3 Å². The second-order valence-corrected chi connectivity index (χ2v) is 5.94. The number of nitrogens with one attached hydrogen (secondary N) is 1. The maximum absolute atomic E-state index is 11.5. The van der Waals surface area contributed by atoms with Gasteiger partial charge in [0.25, 0.3) is 0 Å². The maximum Gasteiger partial charge on any atom is 0.337 e. The summed E-state index contributed by atoms with van der Waals surface area (Å²) in [5.41, 5.74) is 12.3. The average Bonchev–Trinajstić information content (AvgIpc) is 2.61. The number of aromatic carboxylic acids is 1. The van der Waals surface area contributed by atoms with Crippen molar-refractivity contribution >= 4 is 17.3 Å². The number of benzene rings is 3. The molecule has 134 valence electrons. The minimum Gasteiger partial charge on any atom is -0.478 e. The monoisotopic (exact) mass is 348 g/mol. The van der Waals surface area contributed by atoms with Gasteiger partial charge in [0.1, 0.15) is 0 Å². The van der Waals surface area contributed by atoms with Crippen molar-refractivity contribution in [2.45, 2.75) is 14.4 Å². The zero-order valence-corrected chi connectivity index (χ0v) is 14.2. The highest BCUT2D eigenvalue weighted by Crippen LogP contribution is 2.32. The Kier molecular flexibility index (Phi) is 5.68. The molecule has 0 aliphatic rings. The lowest BCUT2D eigenvalue weighted by Gasteiger charge is -2.13. The van der Waals surface area contributed by atoms with Crippen molar-refractivity contribution in [3.63, 3.8) is 0 Å². The fourth-order valence-corrected chi connectivity index (χ4v) is 3.02. The summed E-state index contributed by atoms with van der Waals surface area (Å²) in [5, 5.41) is 12.3.